The Labute approximate surface area is 184 Å². The Bertz CT molecular complexity index is 1120. The second-order valence-electron chi connectivity index (χ2n) is 8.63. The van der Waals surface area contributed by atoms with Gasteiger partial charge in [-0.2, -0.15) is 0 Å². The summed E-state index contributed by atoms with van der Waals surface area (Å²) in [4.78, 5) is 2.64. The maximum Gasteiger partial charge on any atom is 0.198 e. The van der Waals surface area contributed by atoms with E-state index in [-0.39, 0.29) is 16.8 Å². The van der Waals surface area contributed by atoms with Gasteiger partial charge in [0, 0.05) is 0 Å². The first kappa shape index (κ1) is 21.6. The zero-order valence-electron chi connectivity index (χ0n) is 18.3. The number of likely N-dealkylation sites (tertiary alicyclic amines) is 1. The number of tetrazole rings is 1. The molecule has 0 saturated carbocycles. The fourth-order valence-electron chi connectivity index (χ4n) is 4.04. The van der Waals surface area contributed by atoms with Crippen LogP contribution in [-0.2, 0) is 15.7 Å². The average Bonchev–Trinajstić information content (AvgIpc) is 3.18. The van der Waals surface area contributed by atoms with Gasteiger partial charge in [-0.15, -0.1) is 5.10 Å². The van der Waals surface area contributed by atoms with Crippen LogP contribution in [0.5, 0.6) is 0 Å². The van der Waals surface area contributed by atoms with Gasteiger partial charge in [0.05, 0.1) is 10.9 Å². The van der Waals surface area contributed by atoms with Gasteiger partial charge in [0.25, 0.3) is 0 Å². The summed E-state index contributed by atoms with van der Waals surface area (Å²) in [6.45, 7) is 8.12. The van der Waals surface area contributed by atoms with E-state index in [1.54, 1.807) is 24.3 Å². The number of nitrogens with zero attached hydrogens (tertiary/aromatic N) is 5. The Morgan fingerprint density at radius 3 is 2.16 bits per heavy atom. The highest BCUT2D eigenvalue weighted by Gasteiger charge is 2.31. The van der Waals surface area contributed by atoms with E-state index in [1.165, 1.54) is 10.2 Å². The molecule has 0 amide bonds. The van der Waals surface area contributed by atoms with Crippen LogP contribution in [0.2, 0.25) is 0 Å². The third-order valence-corrected chi connectivity index (χ3v) is 7.63. The SMILES string of the molecule is Cc1ccc([C@@H](c2nnnn2CS(=O)(=O)c2ccc(C)cc2)N2CCC(C)CC2)cc1. The van der Waals surface area contributed by atoms with E-state index in [0.717, 1.165) is 37.1 Å². The summed E-state index contributed by atoms with van der Waals surface area (Å²) in [6.07, 6.45) is 2.21. The van der Waals surface area contributed by atoms with Gasteiger partial charge in [0.15, 0.2) is 21.5 Å². The average molecular weight is 440 g/mol. The molecule has 2 aromatic carbocycles. The Morgan fingerprint density at radius 1 is 0.968 bits per heavy atom. The van der Waals surface area contributed by atoms with Gasteiger partial charge in [0.2, 0.25) is 0 Å². The van der Waals surface area contributed by atoms with Crippen LogP contribution in [0.3, 0.4) is 0 Å². The summed E-state index contributed by atoms with van der Waals surface area (Å²) in [5, 5.41) is 12.2. The Hall–Kier alpha value is -2.58. The molecular formula is C23H29N5O2S. The van der Waals surface area contributed by atoms with E-state index in [9.17, 15) is 8.42 Å². The maximum absolute atomic E-state index is 13.1. The summed E-state index contributed by atoms with van der Waals surface area (Å²) in [5.41, 5.74) is 3.26. The van der Waals surface area contributed by atoms with Gasteiger partial charge in [-0.05, 0) is 73.8 Å². The summed E-state index contributed by atoms with van der Waals surface area (Å²) < 4.78 is 27.6. The summed E-state index contributed by atoms with van der Waals surface area (Å²) >= 11 is 0. The molecule has 1 saturated heterocycles. The van der Waals surface area contributed by atoms with Crippen LogP contribution in [0, 0.1) is 19.8 Å². The molecule has 0 bridgehead atoms. The van der Waals surface area contributed by atoms with Gasteiger partial charge in [0.1, 0.15) is 0 Å². The largest absolute Gasteiger partial charge is 0.290 e. The number of hydrogen-bond acceptors (Lipinski definition) is 6. The van der Waals surface area contributed by atoms with Crippen molar-refractivity contribution in [2.24, 2.45) is 5.92 Å². The van der Waals surface area contributed by atoms with Gasteiger partial charge in [-0.1, -0.05) is 54.4 Å². The minimum Gasteiger partial charge on any atom is -0.290 e. The molecular weight excluding hydrogens is 410 g/mol. The van der Waals surface area contributed by atoms with Crippen LogP contribution in [0.25, 0.3) is 0 Å². The van der Waals surface area contributed by atoms with Crippen molar-refractivity contribution >= 4 is 9.84 Å². The normalized spacial score (nSPS) is 17.0. The molecule has 7 nitrogen and oxygen atoms in total. The zero-order chi connectivity index (χ0) is 22.0. The fourth-order valence-corrected chi connectivity index (χ4v) is 5.24. The van der Waals surface area contributed by atoms with Crippen molar-refractivity contribution in [3.05, 3.63) is 71.0 Å². The van der Waals surface area contributed by atoms with Crippen molar-refractivity contribution in [2.75, 3.05) is 13.1 Å². The molecule has 1 aliphatic rings. The van der Waals surface area contributed by atoms with Crippen LogP contribution >= 0.6 is 0 Å². The molecule has 1 fully saturated rings. The van der Waals surface area contributed by atoms with E-state index in [2.05, 4.69) is 58.5 Å². The summed E-state index contributed by atoms with van der Waals surface area (Å²) in [6, 6.07) is 15.0. The van der Waals surface area contributed by atoms with E-state index < -0.39 is 9.84 Å². The van der Waals surface area contributed by atoms with Gasteiger partial charge in [-0.25, -0.2) is 13.1 Å². The molecule has 0 N–H and O–H groups in total. The Morgan fingerprint density at radius 2 is 1.55 bits per heavy atom. The quantitative estimate of drug-likeness (QED) is 0.584. The third-order valence-electron chi connectivity index (χ3n) is 6.05. The van der Waals surface area contributed by atoms with E-state index in [0.29, 0.717) is 11.7 Å². The smallest absolute Gasteiger partial charge is 0.198 e. The van der Waals surface area contributed by atoms with E-state index >= 15 is 0 Å². The lowest BCUT2D eigenvalue weighted by atomic mass is 9.95. The number of rotatable bonds is 6. The molecule has 3 aromatic rings. The fraction of sp³-hybridized carbons (Fsp3) is 0.435. The molecule has 2 heterocycles. The third kappa shape index (κ3) is 4.85. The molecule has 31 heavy (non-hydrogen) atoms. The number of piperidine rings is 1. The Balaban J connectivity index is 1.69. The molecule has 8 heteroatoms. The first-order valence-electron chi connectivity index (χ1n) is 10.7. The predicted octanol–water partition coefficient (Wildman–Crippen LogP) is 3.54. The minimum atomic E-state index is -3.58. The van der Waals surface area contributed by atoms with Crippen molar-refractivity contribution in [1.82, 2.24) is 25.1 Å². The van der Waals surface area contributed by atoms with Crippen LogP contribution < -0.4 is 0 Å². The molecule has 1 aliphatic heterocycles. The zero-order valence-corrected chi connectivity index (χ0v) is 19.1. The highest BCUT2D eigenvalue weighted by molar-refractivity contribution is 7.90. The number of sulfone groups is 1. The monoisotopic (exact) mass is 439 g/mol. The lowest BCUT2D eigenvalue weighted by Crippen LogP contribution is -2.38. The van der Waals surface area contributed by atoms with E-state index in [1.807, 2.05) is 6.92 Å². The first-order chi connectivity index (χ1) is 14.8. The van der Waals surface area contributed by atoms with Crippen molar-refractivity contribution in [3.63, 3.8) is 0 Å². The molecule has 4 rings (SSSR count). The number of hydrogen-bond donors (Lipinski definition) is 0. The van der Waals surface area contributed by atoms with Crippen molar-refractivity contribution in [2.45, 2.75) is 50.4 Å². The van der Waals surface area contributed by atoms with Crippen LogP contribution in [0.4, 0.5) is 0 Å². The number of aryl methyl sites for hydroxylation is 2. The maximum atomic E-state index is 13.1. The molecule has 0 radical (unpaired) electrons. The van der Waals surface area contributed by atoms with Crippen molar-refractivity contribution in [3.8, 4) is 0 Å². The van der Waals surface area contributed by atoms with Crippen LogP contribution in [0.15, 0.2) is 53.4 Å². The lowest BCUT2D eigenvalue weighted by Gasteiger charge is -2.36. The standard InChI is InChI=1S/C23H29N5O2S/c1-17-4-8-20(9-5-17)22(27-14-12-19(3)13-15-27)23-24-25-26-28(23)16-31(29,30)21-10-6-18(2)7-11-21/h4-11,19,22H,12-16H2,1-3H3/t22-/m0/s1. The minimum absolute atomic E-state index is 0.184. The number of benzene rings is 2. The topological polar surface area (TPSA) is 81.0 Å². The summed E-state index contributed by atoms with van der Waals surface area (Å²) in [7, 11) is -3.58. The molecule has 0 spiro atoms. The predicted molar refractivity (Wildman–Crippen MR) is 119 cm³/mol. The van der Waals surface area contributed by atoms with Crippen LogP contribution in [-0.4, -0.2) is 46.6 Å². The highest BCUT2D eigenvalue weighted by Crippen LogP contribution is 2.31. The first-order valence-corrected chi connectivity index (χ1v) is 12.3. The van der Waals surface area contributed by atoms with Gasteiger partial charge in [-0.3, -0.25) is 4.90 Å². The molecule has 1 atom stereocenters. The van der Waals surface area contributed by atoms with Gasteiger partial charge < -0.3 is 0 Å². The molecule has 0 aliphatic carbocycles. The van der Waals surface area contributed by atoms with Gasteiger partial charge >= 0.3 is 0 Å². The second-order valence-corrected chi connectivity index (χ2v) is 10.6. The second kappa shape index (κ2) is 8.88. The molecule has 0 unspecified atom stereocenters. The molecule has 164 valence electrons. The van der Waals surface area contributed by atoms with Crippen LogP contribution in [0.1, 0.15) is 48.3 Å². The lowest BCUT2D eigenvalue weighted by molar-refractivity contribution is 0.150. The van der Waals surface area contributed by atoms with Crippen molar-refractivity contribution in [1.29, 1.82) is 0 Å². The molecule has 1 aromatic heterocycles. The number of aromatic nitrogens is 4. The Kier molecular flexibility index (Phi) is 6.20. The van der Waals surface area contributed by atoms with Crippen molar-refractivity contribution < 1.29 is 8.42 Å². The van der Waals surface area contributed by atoms with E-state index in [4.69, 9.17) is 0 Å². The highest BCUT2D eigenvalue weighted by atomic mass is 32.2. The summed E-state index contributed by atoms with van der Waals surface area (Å²) in [5.74, 6) is 0.965.